The van der Waals surface area contributed by atoms with Crippen LogP contribution in [0.1, 0.15) is 39.0 Å². The molecule has 3 rings (SSSR count). The summed E-state index contributed by atoms with van der Waals surface area (Å²) < 4.78 is 0. The molecule has 0 spiro atoms. The first kappa shape index (κ1) is 9.20. The van der Waals surface area contributed by atoms with Crippen molar-refractivity contribution in [3.63, 3.8) is 0 Å². The third-order valence-corrected chi connectivity index (χ3v) is 3.87. The maximum absolute atomic E-state index is 11.9. The Balaban J connectivity index is 2.16. The van der Waals surface area contributed by atoms with E-state index in [4.69, 9.17) is 0 Å². The number of fused-ring (bicyclic) bond motifs is 4. The molecule has 2 heterocycles. The molecule has 1 N–H and O–H groups in total. The molecule has 1 saturated carbocycles. The number of carbonyl (C=O) groups is 1. The van der Waals surface area contributed by atoms with Crippen LogP contribution >= 0.6 is 0 Å². The molecule has 2 saturated heterocycles. The summed E-state index contributed by atoms with van der Waals surface area (Å²) in [7, 11) is 0. The van der Waals surface area contributed by atoms with Gasteiger partial charge in [-0.15, -0.1) is 0 Å². The Morgan fingerprint density at radius 3 is 2.77 bits per heavy atom. The smallest absolute Gasteiger partial charge is 0.140 e. The third-order valence-electron chi connectivity index (χ3n) is 3.87. The molecular formula is C11H19NO. The summed E-state index contributed by atoms with van der Waals surface area (Å²) in [6.45, 7) is 4.07. The lowest BCUT2D eigenvalue weighted by Crippen LogP contribution is -2.39. The fourth-order valence-electron chi connectivity index (χ4n) is 2.88. The minimum atomic E-state index is 0.0295. The van der Waals surface area contributed by atoms with Crippen LogP contribution in [0.25, 0.3) is 0 Å². The molecule has 0 aromatic carbocycles. The van der Waals surface area contributed by atoms with Gasteiger partial charge in [0.15, 0.2) is 0 Å². The summed E-state index contributed by atoms with van der Waals surface area (Å²) in [5.74, 6) is 1.33. The summed E-state index contributed by atoms with van der Waals surface area (Å²) >= 11 is 0. The molecule has 13 heavy (non-hydrogen) atoms. The topological polar surface area (TPSA) is 29.1 Å². The van der Waals surface area contributed by atoms with Gasteiger partial charge >= 0.3 is 0 Å². The fraction of sp³-hybridized carbons (Fsp3) is 0.909. The van der Waals surface area contributed by atoms with Crippen LogP contribution in [-0.4, -0.2) is 18.9 Å². The van der Waals surface area contributed by atoms with Crippen molar-refractivity contribution in [1.29, 1.82) is 0 Å². The molecule has 0 atom stereocenters. The van der Waals surface area contributed by atoms with E-state index in [0.29, 0.717) is 12.2 Å². The van der Waals surface area contributed by atoms with E-state index in [2.05, 4.69) is 5.32 Å². The predicted molar refractivity (Wildman–Crippen MR) is 52.6 cm³/mol. The van der Waals surface area contributed by atoms with Gasteiger partial charge in [0.1, 0.15) is 5.78 Å². The van der Waals surface area contributed by atoms with Gasteiger partial charge in [-0.3, -0.25) is 4.79 Å². The quantitative estimate of drug-likeness (QED) is 0.703. The first-order chi connectivity index (χ1) is 6.27. The van der Waals surface area contributed by atoms with Gasteiger partial charge in [0.2, 0.25) is 0 Å². The fourth-order valence-corrected chi connectivity index (χ4v) is 2.88. The normalized spacial score (nSPS) is 38.7. The van der Waals surface area contributed by atoms with Crippen LogP contribution in [0.4, 0.5) is 0 Å². The zero-order valence-electron chi connectivity index (χ0n) is 8.44. The monoisotopic (exact) mass is 181 g/mol. The van der Waals surface area contributed by atoms with Crippen molar-refractivity contribution in [2.45, 2.75) is 39.0 Å². The number of carbonyl (C=O) groups excluding carboxylic acids is 1. The second-order valence-corrected chi connectivity index (χ2v) is 4.63. The lowest BCUT2D eigenvalue weighted by Gasteiger charge is -2.34. The van der Waals surface area contributed by atoms with Crippen molar-refractivity contribution >= 4 is 5.78 Å². The van der Waals surface area contributed by atoms with Crippen LogP contribution in [0.2, 0.25) is 0 Å². The largest absolute Gasteiger partial charge is 0.315 e. The molecule has 2 aliphatic heterocycles. The van der Waals surface area contributed by atoms with Gasteiger partial charge in [-0.05, 0) is 38.1 Å². The summed E-state index contributed by atoms with van der Waals surface area (Å²) in [6.07, 6.45) is 5.51. The maximum Gasteiger partial charge on any atom is 0.140 e. The number of Topliss-reactive ketones (excluding diaryl/α,β-unsaturated/α-hetero) is 1. The van der Waals surface area contributed by atoms with Crippen LogP contribution in [0.3, 0.4) is 0 Å². The summed E-state index contributed by atoms with van der Waals surface area (Å²) in [4.78, 5) is 11.9. The Hall–Kier alpha value is -0.370. The highest BCUT2D eigenvalue weighted by molar-refractivity contribution is 5.85. The van der Waals surface area contributed by atoms with Crippen LogP contribution in [0, 0.1) is 11.3 Å². The lowest BCUT2D eigenvalue weighted by molar-refractivity contribution is -0.129. The SMILES string of the molecule is CCC(=O)C12CCC(CC1)CNC2. The van der Waals surface area contributed by atoms with Gasteiger partial charge in [-0.25, -0.2) is 0 Å². The Bertz CT molecular complexity index is 199. The third kappa shape index (κ3) is 1.52. The van der Waals surface area contributed by atoms with E-state index in [0.717, 1.165) is 31.8 Å². The molecule has 2 nitrogen and oxygen atoms in total. The van der Waals surface area contributed by atoms with E-state index in [1.807, 2.05) is 6.92 Å². The molecule has 0 aromatic rings. The maximum atomic E-state index is 11.9. The molecule has 2 bridgehead atoms. The van der Waals surface area contributed by atoms with Crippen LogP contribution in [-0.2, 0) is 4.79 Å². The number of hydrogen-bond acceptors (Lipinski definition) is 2. The van der Waals surface area contributed by atoms with Crippen LogP contribution in [0.15, 0.2) is 0 Å². The first-order valence-corrected chi connectivity index (χ1v) is 5.51. The van der Waals surface area contributed by atoms with Crippen molar-refractivity contribution in [3.05, 3.63) is 0 Å². The lowest BCUT2D eigenvalue weighted by atomic mass is 9.69. The minimum Gasteiger partial charge on any atom is -0.315 e. The van der Waals surface area contributed by atoms with Crippen LogP contribution in [0.5, 0.6) is 0 Å². The van der Waals surface area contributed by atoms with Gasteiger partial charge in [-0.1, -0.05) is 6.92 Å². The summed E-state index contributed by atoms with van der Waals surface area (Å²) in [5.41, 5.74) is 0.0295. The molecule has 74 valence electrons. The van der Waals surface area contributed by atoms with Crippen LogP contribution < -0.4 is 5.32 Å². The first-order valence-electron chi connectivity index (χ1n) is 5.51. The average Bonchev–Trinajstić information content (AvgIpc) is 2.50. The van der Waals surface area contributed by atoms with E-state index < -0.39 is 0 Å². The Morgan fingerprint density at radius 1 is 1.46 bits per heavy atom. The number of nitrogens with one attached hydrogen (secondary N) is 1. The molecular weight excluding hydrogens is 162 g/mol. The van der Waals surface area contributed by atoms with Crippen molar-refractivity contribution in [3.8, 4) is 0 Å². The average molecular weight is 181 g/mol. The molecule has 3 aliphatic rings. The molecule has 0 aromatic heterocycles. The minimum absolute atomic E-state index is 0.0295. The highest BCUT2D eigenvalue weighted by atomic mass is 16.1. The van der Waals surface area contributed by atoms with Gasteiger partial charge in [0, 0.05) is 18.4 Å². The van der Waals surface area contributed by atoms with Gasteiger partial charge in [-0.2, -0.15) is 0 Å². The van der Waals surface area contributed by atoms with Gasteiger partial charge in [0.25, 0.3) is 0 Å². The Morgan fingerprint density at radius 2 is 2.15 bits per heavy atom. The van der Waals surface area contributed by atoms with Crippen molar-refractivity contribution in [2.24, 2.45) is 11.3 Å². The highest BCUT2D eigenvalue weighted by Gasteiger charge is 2.42. The predicted octanol–water partition coefficient (Wildman–Crippen LogP) is 1.75. The molecule has 2 heteroatoms. The van der Waals surface area contributed by atoms with E-state index in [1.165, 1.54) is 12.8 Å². The Labute approximate surface area is 80.1 Å². The summed E-state index contributed by atoms with van der Waals surface area (Å²) in [6, 6.07) is 0. The van der Waals surface area contributed by atoms with Crippen molar-refractivity contribution < 1.29 is 4.79 Å². The molecule has 1 aliphatic carbocycles. The number of rotatable bonds is 2. The molecule has 3 fully saturated rings. The highest BCUT2D eigenvalue weighted by Crippen LogP contribution is 2.41. The standard InChI is InChI=1S/C11H19NO/c1-2-10(13)11-5-3-9(4-6-11)7-12-8-11/h9,12H,2-8H2,1H3. The molecule has 0 amide bonds. The second-order valence-electron chi connectivity index (χ2n) is 4.63. The molecule has 0 radical (unpaired) electrons. The van der Waals surface area contributed by atoms with Gasteiger partial charge in [0.05, 0.1) is 0 Å². The summed E-state index contributed by atoms with van der Waals surface area (Å²) in [5, 5.41) is 3.44. The zero-order valence-corrected chi connectivity index (χ0v) is 8.44. The van der Waals surface area contributed by atoms with E-state index in [-0.39, 0.29) is 5.41 Å². The zero-order chi connectivity index (χ0) is 9.31. The van der Waals surface area contributed by atoms with E-state index >= 15 is 0 Å². The number of ketones is 1. The second kappa shape index (κ2) is 3.41. The Kier molecular flexibility index (Phi) is 2.41. The van der Waals surface area contributed by atoms with Crippen molar-refractivity contribution in [2.75, 3.05) is 13.1 Å². The molecule has 0 unspecified atom stereocenters. The van der Waals surface area contributed by atoms with E-state index in [1.54, 1.807) is 0 Å². The van der Waals surface area contributed by atoms with E-state index in [9.17, 15) is 4.79 Å². The van der Waals surface area contributed by atoms with Gasteiger partial charge < -0.3 is 5.32 Å². The number of hydrogen-bond donors (Lipinski definition) is 1. The van der Waals surface area contributed by atoms with Crippen molar-refractivity contribution in [1.82, 2.24) is 5.32 Å².